The van der Waals surface area contributed by atoms with Gasteiger partial charge in [0.05, 0.1) is 23.1 Å². The summed E-state index contributed by atoms with van der Waals surface area (Å²) in [5, 5.41) is 10.9. The number of thioether (sulfide) groups is 1. The summed E-state index contributed by atoms with van der Waals surface area (Å²) in [4.78, 5) is 20.2. The highest BCUT2D eigenvalue weighted by molar-refractivity contribution is 7.99. The standard InChI is InChI=1S/C28H32ClFN2O3S/c1-35-20-8-9-25-22(18-20)26(23(29)19-31-25)24(30)10-11-28(27(33)34)12-15-32(16-13-28)14-5-17-36-21-6-3-2-4-7-21/h2-4,6-9,18-19,24H,5,10-17H2,1H3,(H,33,34). The quantitative estimate of drug-likeness (QED) is 0.212. The number of aliphatic carboxylic acids is 1. The molecule has 0 aliphatic carbocycles. The van der Waals surface area contributed by atoms with Gasteiger partial charge < -0.3 is 14.7 Å². The monoisotopic (exact) mass is 530 g/mol. The van der Waals surface area contributed by atoms with Crippen LogP contribution in [0.15, 0.2) is 59.6 Å². The summed E-state index contributed by atoms with van der Waals surface area (Å²) in [5.41, 5.74) is 0.0751. The second kappa shape index (κ2) is 12.3. The Hall–Kier alpha value is -2.35. The molecule has 1 aromatic heterocycles. The topological polar surface area (TPSA) is 62.7 Å². The number of methoxy groups -OCH3 is 1. The molecule has 1 fully saturated rings. The molecule has 192 valence electrons. The van der Waals surface area contributed by atoms with Crippen molar-refractivity contribution in [1.29, 1.82) is 0 Å². The number of pyridine rings is 1. The number of carbonyl (C=O) groups is 1. The third-order valence-electron chi connectivity index (χ3n) is 7.16. The van der Waals surface area contributed by atoms with Gasteiger partial charge in [-0.1, -0.05) is 29.8 Å². The Labute approximate surface area is 221 Å². The average Bonchev–Trinajstić information content (AvgIpc) is 2.90. The maximum Gasteiger partial charge on any atom is 0.309 e. The van der Waals surface area contributed by atoms with Gasteiger partial charge in [0.2, 0.25) is 0 Å². The van der Waals surface area contributed by atoms with Crippen LogP contribution in [0, 0.1) is 5.41 Å². The Balaban J connectivity index is 1.34. The molecule has 0 saturated carbocycles. The number of carboxylic acid groups (broad SMARTS) is 1. The Morgan fingerprint density at radius 1 is 1.25 bits per heavy atom. The van der Waals surface area contributed by atoms with Crippen molar-refractivity contribution in [1.82, 2.24) is 9.88 Å². The van der Waals surface area contributed by atoms with E-state index in [0.29, 0.717) is 35.1 Å². The fraction of sp³-hybridized carbons (Fsp3) is 0.429. The molecule has 3 aromatic rings. The molecule has 0 bridgehead atoms. The molecule has 36 heavy (non-hydrogen) atoms. The van der Waals surface area contributed by atoms with Crippen LogP contribution in [0.2, 0.25) is 5.02 Å². The molecule has 5 nitrogen and oxygen atoms in total. The molecular formula is C28H32ClFN2O3S. The lowest BCUT2D eigenvalue weighted by atomic mass is 9.74. The van der Waals surface area contributed by atoms with Crippen molar-refractivity contribution in [2.24, 2.45) is 5.41 Å². The fourth-order valence-electron chi connectivity index (χ4n) is 4.93. The number of piperidine rings is 1. The van der Waals surface area contributed by atoms with Crippen LogP contribution < -0.4 is 4.74 Å². The van der Waals surface area contributed by atoms with Crippen LogP contribution in [0.25, 0.3) is 10.9 Å². The van der Waals surface area contributed by atoms with Crippen LogP contribution in [-0.4, -0.2) is 53.5 Å². The number of hydrogen-bond acceptors (Lipinski definition) is 5. The summed E-state index contributed by atoms with van der Waals surface area (Å²) < 4.78 is 20.9. The molecule has 1 aliphatic heterocycles. The van der Waals surface area contributed by atoms with E-state index in [9.17, 15) is 9.90 Å². The third kappa shape index (κ3) is 6.31. The van der Waals surface area contributed by atoms with Crippen LogP contribution in [0.1, 0.15) is 43.8 Å². The highest BCUT2D eigenvalue weighted by atomic mass is 35.5. The predicted molar refractivity (Wildman–Crippen MR) is 144 cm³/mol. The molecule has 1 unspecified atom stereocenters. The Morgan fingerprint density at radius 2 is 2.00 bits per heavy atom. The largest absolute Gasteiger partial charge is 0.497 e. The molecule has 1 saturated heterocycles. The van der Waals surface area contributed by atoms with E-state index >= 15 is 4.39 Å². The van der Waals surface area contributed by atoms with E-state index in [-0.39, 0.29) is 17.9 Å². The second-order valence-corrected chi connectivity index (χ2v) is 10.9. The van der Waals surface area contributed by atoms with Crippen LogP contribution in [0.3, 0.4) is 0 Å². The molecule has 4 rings (SSSR count). The average molecular weight is 531 g/mol. The smallest absolute Gasteiger partial charge is 0.309 e. The second-order valence-electron chi connectivity index (χ2n) is 9.35. The Bertz CT molecular complexity index is 1170. The van der Waals surface area contributed by atoms with Crippen molar-refractivity contribution in [3.63, 3.8) is 0 Å². The predicted octanol–water partition coefficient (Wildman–Crippen LogP) is 7.04. The summed E-state index contributed by atoms with van der Waals surface area (Å²) in [6.45, 7) is 2.38. The van der Waals surface area contributed by atoms with E-state index < -0.39 is 17.6 Å². The number of benzene rings is 2. The van der Waals surface area contributed by atoms with Gasteiger partial charge in [-0.3, -0.25) is 9.78 Å². The zero-order valence-electron chi connectivity index (χ0n) is 20.5. The van der Waals surface area contributed by atoms with E-state index in [0.717, 1.165) is 31.8 Å². The lowest BCUT2D eigenvalue weighted by Crippen LogP contribution is -2.44. The van der Waals surface area contributed by atoms with Crippen molar-refractivity contribution in [2.45, 2.75) is 43.2 Å². The Kier molecular flexibility index (Phi) is 9.09. The third-order valence-corrected chi connectivity index (χ3v) is 8.55. The zero-order valence-corrected chi connectivity index (χ0v) is 22.0. The SMILES string of the molecule is COc1ccc2ncc(Cl)c(C(F)CCC3(C(=O)O)CCN(CCCSc4ccccc4)CC3)c2c1. The molecule has 8 heteroatoms. The van der Waals surface area contributed by atoms with Gasteiger partial charge in [0.25, 0.3) is 0 Å². The van der Waals surface area contributed by atoms with Crippen LogP contribution in [0.5, 0.6) is 5.75 Å². The van der Waals surface area contributed by atoms with E-state index in [4.69, 9.17) is 16.3 Å². The maximum atomic E-state index is 15.6. The first kappa shape index (κ1) is 26.7. The first-order valence-electron chi connectivity index (χ1n) is 12.3. The summed E-state index contributed by atoms with van der Waals surface area (Å²) in [6, 6.07) is 15.6. The highest BCUT2D eigenvalue weighted by Crippen LogP contribution is 2.42. The lowest BCUT2D eigenvalue weighted by molar-refractivity contribution is -0.153. The molecule has 2 aromatic carbocycles. The molecule has 2 heterocycles. The number of fused-ring (bicyclic) bond motifs is 1. The van der Waals surface area contributed by atoms with Crippen LogP contribution >= 0.6 is 23.4 Å². The van der Waals surface area contributed by atoms with Crippen LogP contribution in [-0.2, 0) is 4.79 Å². The van der Waals surface area contributed by atoms with Gasteiger partial charge in [0.15, 0.2) is 0 Å². The summed E-state index contributed by atoms with van der Waals surface area (Å²) in [6.07, 6.45) is 2.53. The zero-order chi connectivity index (χ0) is 25.5. The molecule has 0 spiro atoms. The van der Waals surface area contributed by atoms with Crippen molar-refractivity contribution >= 4 is 40.2 Å². The van der Waals surface area contributed by atoms with Gasteiger partial charge in [0, 0.05) is 22.0 Å². The van der Waals surface area contributed by atoms with Gasteiger partial charge in [0.1, 0.15) is 11.9 Å². The number of rotatable bonds is 11. The molecule has 1 atom stereocenters. The number of carboxylic acids is 1. The highest BCUT2D eigenvalue weighted by Gasteiger charge is 2.41. The normalized spacial score (nSPS) is 16.6. The fourth-order valence-corrected chi connectivity index (χ4v) is 6.06. The first-order chi connectivity index (χ1) is 17.4. The van der Waals surface area contributed by atoms with E-state index in [1.54, 1.807) is 25.3 Å². The number of hydrogen-bond donors (Lipinski definition) is 1. The van der Waals surface area contributed by atoms with E-state index in [1.807, 2.05) is 30.0 Å². The first-order valence-corrected chi connectivity index (χ1v) is 13.7. The van der Waals surface area contributed by atoms with Gasteiger partial charge in [-0.25, -0.2) is 4.39 Å². The number of likely N-dealkylation sites (tertiary alicyclic amines) is 1. The van der Waals surface area contributed by atoms with Gasteiger partial charge in [-0.05, 0) is 87.8 Å². The summed E-state index contributed by atoms with van der Waals surface area (Å²) in [7, 11) is 1.55. The minimum atomic E-state index is -1.39. The number of aromatic nitrogens is 1. The minimum absolute atomic E-state index is 0.0933. The maximum absolute atomic E-state index is 15.6. The van der Waals surface area contributed by atoms with Gasteiger partial charge >= 0.3 is 5.97 Å². The van der Waals surface area contributed by atoms with Gasteiger partial charge in [-0.2, -0.15) is 0 Å². The van der Waals surface area contributed by atoms with E-state index in [2.05, 4.69) is 22.0 Å². The summed E-state index contributed by atoms with van der Waals surface area (Å²) in [5.74, 6) is 0.789. The Morgan fingerprint density at radius 3 is 2.69 bits per heavy atom. The molecular weight excluding hydrogens is 499 g/mol. The number of halogens is 2. The van der Waals surface area contributed by atoms with Crippen molar-refractivity contribution in [2.75, 3.05) is 32.5 Å². The number of ether oxygens (including phenoxy) is 1. The van der Waals surface area contributed by atoms with Crippen molar-refractivity contribution in [3.05, 3.63) is 65.3 Å². The van der Waals surface area contributed by atoms with Gasteiger partial charge in [-0.15, -0.1) is 11.8 Å². The number of nitrogens with zero attached hydrogens (tertiary/aromatic N) is 2. The molecule has 1 aliphatic rings. The molecule has 0 radical (unpaired) electrons. The summed E-state index contributed by atoms with van der Waals surface area (Å²) >= 11 is 8.20. The molecule has 0 amide bonds. The number of alkyl halides is 1. The molecule has 1 N–H and O–H groups in total. The van der Waals surface area contributed by atoms with Crippen molar-refractivity contribution < 1.29 is 19.0 Å². The van der Waals surface area contributed by atoms with Crippen LogP contribution in [0.4, 0.5) is 4.39 Å². The van der Waals surface area contributed by atoms with Crippen molar-refractivity contribution in [3.8, 4) is 5.75 Å². The lowest BCUT2D eigenvalue weighted by Gasteiger charge is -2.39. The van der Waals surface area contributed by atoms with E-state index in [1.165, 1.54) is 11.1 Å². The minimum Gasteiger partial charge on any atom is -0.497 e.